The molecule has 2 heterocycles. The molecule has 0 bridgehead atoms. The van der Waals surface area contributed by atoms with Crippen LogP contribution in [0.1, 0.15) is 21.5 Å². The summed E-state index contributed by atoms with van der Waals surface area (Å²) in [5.41, 5.74) is 4.25. The Hall–Kier alpha value is -2.84. The van der Waals surface area contributed by atoms with Crippen LogP contribution in [0.2, 0.25) is 0 Å². The number of benzene rings is 2. The van der Waals surface area contributed by atoms with Crippen LogP contribution in [0.5, 0.6) is 11.5 Å². The lowest BCUT2D eigenvalue weighted by Gasteiger charge is -2.34. The van der Waals surface area contributed by atoms with E-state index in [0.29, 0.717) is 23.6 Å². The number of rotatable bonds is 7. The molecule has 0 radical (unpaired) electrons. The van der Waals surface area contributed by atoms with Crippen molar-refractivity contribution in [3.8, 4) is 11.5 Å². The molecule has 1 aliphatic rings. The topological polar surface area (TPSA) is 66.9 Å². The predicted octanol–water partition coefficient (Wildman–Crippen LogP) is 3.48. The first-order valence-corrected chi connectivity index (χ1v) is 11.7. The molecule has 0 unspecified atom stereocenters. The number of hydrogen-bond donors (Lipinski definition) is 1. The molecule has 1 amide bonds. The van der Waals surface area contributed by atoms with Crippen LogP contribution in [-0.4, -0.2) is 69.3 Å². The molecule has 1 aliphatic heterocycles. The van der Waals surface area contributed by atoms with Crippen molar-refractivity contribution in [3.63, 3.8) is 0 Å². The van der Waals surface area contributed by atoms with Crippen LogP contribution < -0.4 is 19.7 Å². The zero-order valence-electron chi connectivity index (χ0n) is 19.1. The highest BCUT2D eigenvalue weighted by Crippen LogP contribution is 2.32. The fourth-order valence-corrected chi connectivity index (χ4v) is 5.00. The van der Waals surface area contributed by atoms with Crippen molar-refractivity contribution in [2.45, 2.75) is 13.8 Å². The second-order valence-corrected chi connectivity index (χ2v) is 9.01. The number of amides is 1. The third kappa shape index (κ3) is 4.66. The molecule has 1 saturated heterocycles. The van der Waals surface area contributed by atoms with Gasteiger partial charge >= 0.3 is 0 Å². The van der Waals surface area contributed by atoms with E-state index in [0.717, 1.165) is 43.4 Å². The molecule has 32 heavy (non-hydrogen) atoms. The number of thiazole rings is 1. The van der Waals surface area contributed by atoms with Gasteiger partial charge in [0.25, 0.3) is 5.91 Å². The number of methoxy groups -OCH3 is 2. The Morgan fingerprint density at radius 1 is 1.06 bits per heavy atom. The van der Waals surface area contributed by atoms with Gasteiger partial charge in [-0.1, -0.05) is 17.4 Å². The number of piperazine rings is 1. The van der Waals surface area contributed by atoms with Crippen molar-refractivity contribution in [1.29, 1.82) is 0 Å². The lowest BCUT2D eigenvalue weighted by atomic mass is 10.1. The number of hydrogen-bond acceptors (Lipinski definition) is 7. The van der Waals surface area contributed by atoms with Crippen LogP contribution in [0, 0.1) is 13.8 Å². The molecule has 8 heteroatoms. The normalized spacial score (nSPS) is 14.6. The van der Waals surface area contributed by atoms with E-state index in [4.69, 9.17) is 14.5 Å². The molecule has 3 aromatic rings. The number of anilines is 1. The lowest BCUT2D eigenvalue weighted by molar-refractivity contribution is 0.0947. The third-order valence-corrected chi connectivity index (χ3v) is 7.16. The number of nitrogens with zero attached hydrogens (tertiary/aromatic N) is 3. The Labute approximate surface area is 192 Å². The molecule has 0 aliphatic carbocycles. The van der Waals surface area contributed by atoms with Gasteiger partial charge in [-0.3, -0.25) is 9.69 Å². The van der Waals surface area contributed by atoms with Crippen molar-refractivity contribution in [3.05, 3.63) is 47.0 Å². The van der Waals surface area contributed by atoms with Gasteiger partial charge in [0.1, 0.15) is 0 Å². The summed E-state index contributed by atoms with van der Waals surface area (Å²) >= 11 is 1.77. The van der Waals surface area contributed by atoms with E-state index >= 15 is 0 Å². The maximum Gasteiger partial charge on any atom is 0.251 e. The number of ether oxygens (including phenoxy) is 2. The number of fused-ring (bicyclic) bond motifs is 1. The highest BCUT2D eigenvalue weighted by atomic mass is 32.1. The lowest BCUT2D eigenvalue weighted by Crippen LogP contribution is -2.48. The summed E-state index contributed by atoms with van der Waals surface area (Å²) in [6, 6.07) is 9.55. The molecular formula is C24H30N4O3S. The summed E-state index contributed by atoms with van der Waals surface area (Å²) in [5, 5.41) is 4.11. The summed E-state index contributed by atoms with van der Waals surface area (Å²) in [6.45, 7) is 9.52. The standard InChI is InChI=1S/C24H30N4O3S/c1-16-5-8-21-22(17(16)2)26-24(32-21)28-13-11-27(12-14-28)10-9-25-23(29)18-6-7-19(30-3)20(15-18)31-4/h5-8,15H,9-14H2,1-4H3,(H,25,29). The molecule has 2 aromatic carbocycles. The SMILES string of the molecule is COc1ccc(C(=O)NCCN2CCN(c3nc4c(C)c(C)ccc4s3)CC2)cc1OC. The van der Waals surface area contributed by atoms with Crippen molar-refractivity contribution in [2.75, 3.05) is 58.4 Å². The van der Waals surface area contributed by atoms with Crippen LogP contribution in [0.25, 0.3) is 10.2 Å². The number of aromatic nitrogens is 1. The van der Waals surface area contributed by atoms with Gasteiger partial charge in [0, 0.05) is 44.8 Å². The summed E-state index contributed by atoms with van der Waals surface area (Å²) in [5.74, 6) is 1.06. The van der Waals surface area contributed by atoms with E-state index in [1.165, 1.54) is 15.8 Å². The van der Waals surface area contributed by atoms with Crippen LogP contribution in [0.3, 0.4) is 0 Å². The molecule has 7 nitrogen and oxygen atoms in total. The summed E-state index contributed by atoms with van der Waals surface area (Å²) < 4.78 is 11.8. The van der Waals surface area contributed by atoms with Crippen LogP contribution in [-0.2, 0) is 0 Å². The smallest absolute Gasteiger partial charge is 0.251 e. The number of carbonyl (C=O) groups is 1. The quantitative estimate of drug-likeness (QED) is 0.590. The second-order valence-electron chi connectivity index (χ2n) is 8.00. The zero-order chi connectivity index (χ0) is 22.7. The molecule has 1 fully saturated rings. The van der Waals surface area contributed by atoms with Crippen molar-refractivity contribution in [2.24, 2.45) is 0 Å². The number of nitrogens with one attached hydrogen (secondary N) is 1. The first-order valence-electron chi connectivity index (χ1n) is 10.8. The van der Waals surface area contributed by atoms with Gasteiger partial charge in [-0.2, -0.15) is 0 Å². The van der Waals surface area contributed by atoms with Crippen molar-refractivity contribution < 1.29 is 14.3 Å². The molecule has 170 valence electrons. The Morgan fingerprint density at radius 3 is 2.53 bits per heavy atom. The number of carbonyl (C=O) groups excluding carboxylic acids is 1. The Morgan fingerprint density at radius 2 is 1.81 bits per heavy atom. The van der Waals surface area contributed by atoms with E-state index in [1.54, 1.807) is 43.8 Å². The van der Waals surface area contributed by atoms with Gasteiger partial charge in [-0.15, -0.1) is 0 Å². The van der Waals surface area contributed by atoms with Gasteiger partial charge < -0.3 is 19.7 Å². The van der Waals surface area contributed by atoms with Crippen LogP contribution in [0.4, 0.5) is 5.13 Å². The average Bonchev–Trinajstić information content (AvgIpc) is 3.26. The first-order chi connectivity index (χ1) is 15.5. The molecule has 1 N–H and O–H groups in total. The van der Waals surface area contributed by atoms with Gasteiger partial charge in [0.2, 0.25) is 0 Å². The minimum absolute atomic E-state index is 0.107. The first kappa shape index (κ1) is 22.4. The van der Waals surface area contributed by atoms with E-state index < -0.39 is 0 Å². The molecule has 0 saturated carbocycles. The summed E-state index contributed by atoms with van der Waals surface area (Å²) in [4.78, 5) is 22.2. The predicted molar refractivity (Wildman–Crippen MR) is 130 cm³/mol. The average molecular weight is 455 g/mol. The van der Waals surface area contributed by atoms with Crippen LogP contribution >= 0.6 is 11.3 Å². The zero-order valence-corrected chi connectivity index (χ0v) is 19.9. The minimum atomic E-state index is -0.107. The Bertz CT molecular complexity index is 1110. The van der Waals surface area contributed by atoms with Gasteiger partial charge in [-0.25, -0.2) is 4.98 Å². The Kier molecular flexibility index (Phi) is 6.81. The minimum Gasteiger partial charge on any atom is -0.493 e. The van der Waals surface area contributed by atoms with Gasteiger partial charge in [0.15, 0.2) is 16.6 Å². The molecule has 0 spiro atoms. The fourth-order valence-electron chi connectivity index (χ4n) is 3.92. The van der Waals surface area contributed by atoms with Crippen molar-refractivity contribution in [1.82, 2.24) is 15.2 Å². The highest BCUT2D eigenvalue weighted by molar-refractivity contribution is 7.22. The maximum atomic E-state index is 12.5. The van der Waals surface area contributed by atoms with E-state index in [9.17, 15) is 4.79 Å². The molecule has 0 atom stereocenters. The second kappa shape index (κ2) is 9.75. The largest absolute Gasteiger partial charge is 0.493 e. The summed E-state index contributed by atoms with van der Waals surface area (Å²) in [7, 11) is 3.14. The molecular weight excluding hydrogens is 424 g/mol. The molecule has 4 rings (SSSR count). The molecule has 1 aromatic heterocycles. The fraction of sp³-hybridized carbons (Fsp3) is 0.417. The Balaban J connectivity index is 1.27. The van der Waals surface area contributed by atoms with Crippen molar-refractivity contribution >= 4 is 32.6 Å². The van der Waals surface area contributed by atoms with Gasteiger partial charge in [0.05, 0.1) is 24.4 Å². The van der Waals surface area contributed by atoms with E-state index in [2.05, 4.69) is 41.1 Å². The van der Waals surface area contributed by atoms with Crippen LogP contribution in [0.15, 0.2) is 30.3 Å². The maximum absolute atomic E-state index is 12.5. The van der Waals surface area contributed by atoms with E-state index in [1.807, 2.05) is 0 Å². The highest BCUT2D eigenvalue weighted by Gasteiger charge is 2.20. The monoisotopic (exact) mass is 454 g/mol. The third-order valence-electron chi connectivity index (χ3n) is 6.08. The van der Waals surface area contributed by atoms with E-state index in [-0.39, 0.29) is 5.91 Å². The van der Waals surface area contributed by atoms with Gasteiger partial charge in [-0.05, 0) is 49.2 Å². The number of aryl methyl sites for hydroxylation is 2. The summed E-state index contributed by atoms with van der Waals surface area (Å²) in [6.07, 6.45) is 0.